The van der Waals surface area contributed by atoms with E-state index in [0.717, 1.165) is 38.8 Å². The van der Waals surface area contributed by atoms with Crippen molar-refractivity contribution in [1.29, 1.82) is 0 Å². The molecule has 1 aromatic carbocycles. The third-order valence-corrected chi connectivity index (χ3v) is 5.35. The standard InChI is InChI=1S/C18H26N2O/c1-3-14-4-6-15(7-5-14)13(2)20-17(21)16-12-18(16)8-10-19-11-9-18/h4-7,13,16,19H,3,8-12H2,1-2H3,(H,20,21). The topological polar surface area (TPSA) is 41.1 Å². The summed E-state index contributed by atoms with van der Waals surface area (Å²) in [6.07, 6.45) is 4.46. The molecule has 1 saturated heterocycles. The van der Waals surface area contributed by atoms with Crippen molar-refractivity contribution in [2.45, 2.75) is 45.6 Å². The quantitative estimate of drug-likeness (QED) is 0.893. The number of nitrogens with one attached hydrogen (secondary N) is 2. The molecule has 2 aliphatic rings. The lowest BCUT2D eigenvalue weighted by atomic mass is 9.91. The minimum absolute atomic E-state index is 0.0998. The second kappa shape index (κ2) is 5.80. The molecule has 3 nitrogen and oxygen atoms in total. The van der Waals surface area contributed by atoms with Crippen molar-refractivity contribution in [3.63, 3.8) is 0 Å². The molecule has 114 valence electrons. The second-order valence-corrected chi connectivity index (χ2v) is 6.69. The Labute approximate surface area is 127 Å². The van der Waals surface area contributed by atoms with Crippen LogP contribution in [0, 0.1) is 11.3 Å². The number of carbonyl (C=O) groups is 1. The van der Waals surface area contributed by atoms with Crippen molar-refractivity contribution in [3.05, 3.63) is 35.4 Å². The van der Waals surface area contributed by atoms with Crippen molar-refractivity contribution < 1.29 is 4.79 Å². The normalized spacial score (nSPS) is 24.6. The zero-order valence-corrected chi connectivity index (χ0v) is 13.1. The van der Waals surface area contributed by atoms with Gasteiger partial charge < -0.3 is 10.6 Å². The Morgan fingerprint density at radius 1 is 1.33 bits per heavy atom. The molecule has 2 N–H and O–H groups in total. The maximum atomic E-state index is 12.5. The summed E-state index contributed by atoms with van der Waals surface area (Å²) in [7, 11) is 0. The molecule has 1 saturated carbocycles. The summed E-state index contributed by atoms with van der Waals surface area (Å²) in [6.45, 7) is 6.37. The molecule has 0 radical (unpaired) electrons. The highest BCUT2D eigenvalue weighted by Gasteiger charge is 2.57. The minimum Gasteiger partial charge on any atom is -0.349 e. The summed E-state index contributed by atoms with van der Waals surface area (Å²) in [5, 5.41) is 6.59. The fraction of sp³-hybridized carbons (Fsp3) is 0.611. The van der Waals surface area contributed by atoms with Gasteiger partial charge in [-0.2, -0.15) is 0 Å². The SMILES string of the molecule is CCc1ccc(C(C)NC(=O)C2CC23CCNCC3)cc1. The number of benzene rings is 1. The highest BCUT2D eigenvalue weighted by atomic mass is 16.2. The molecule has 3 rings (SSSR count). The summed E-state index contributed by atoms with van der Waals surface area (Å²) in [6, 6.07) is 8.68. The number of hydrogen-bond donors (Lipinski definition) is 2. The van der Waals surface area contributed by atoms with Gasteiger partial charge in [-0.15, -0.1) is 0 Å². The van der Waals surface area contributed by atoms with E-state index in [2.05, 4.69) is 48.7 Å². The number of piperidine rings is 1. The average Bonchev–Trinajstić information content (AvgIpc) is 3.21. The molecule has 2 fully saturated rings. The van der Waals surface area contributed by atoms with Gasteiger partial charge in [0.2, 0.25) is 5.91 Å². The zero-order chi connectivity index (χ0) is 14.9. The highest BCUT2D eigenvalue weighted by Crippen LogP contribution is 2.58. The number of aryl methyl sites for hydroxylation is 1. The molecule has 0 aromatic heterocycles. The molecule has 2 unspecified atom stereocenters. The third-order valence-electron chi connectivity index (χ3n) is 5.35. The predicted octanol–water partition coefficient (Wildman–Crippen LogP) is 2.82. The monoisotopic (exact) mass is 286 g/mol. The zero-order valence-electron chi connectivity index (χ0n) is 13.1. The van der Waals surface area contributed by atoms with Crippen LogP contribution >= 0.6 is 0 Å². The van der Waals surface area contributed by atoms with Gasteiger partial charge in [-0.1, -0.05) is 31.2 Å². The molecule has 1 aliphatic carbocycles. The maximum absolute atomic E-state index is 12.5. The van der Waals surface area contributed by atoms with Crippen LogP contribution in [0.4, 0.5) is 0 Å². The van der Waals surface area contributed by atoms with Gasteiger partial charge in [-0.25, -0.2) is 0 Å². The first-order chi connectivity index (χ1) is 10.1. The summed E-state index contributed by atoms with van der Waals surface area (Å²) in [5.41, 5.74) is 2.86. The van der Waals surface area contributed by atoms with Crippen molar-refractivity contribution >= 4 is 5.91 Å². The fourth-order valence-corrected chi connectivity index (χ4v) is 3.63. The van der Waals surface area contributed by atoms with Crippen LogP contribution < -0.4 is 10.6 Å². The molecule has 1 aromatic rings. The lowest BCUT2D eigenvalue weighted by Crippen LogP contribution is -2.34. The van der Waals surface area contributed by atoms with E-state index in [1.165, 1.54) is 11.1 Å². The second-order valence-electron chi connectivity index (χ2n) is 6.69. The van der Waals surface area contributed by atoms with Gasteiger partial charge in [-0.3, -0.25) is 4.79 Å². The van der Waals surface area contributed by atoms with Crippen molar-refractivity contribution in [2.75, 3.05) is 13.1 Å². The maximum Gasteiger partial charge on any atom is 0.224 e. The third kappa shape index (κ3) is 2.98. The fourth-order valence-electron chi connectivity index (χ4n) is 3.63. The first kappa shape index (κ1) is 14.6. The van der Waals surface area contributed by atoms with E-state index in [-0.39, 0.29) is 17.9 Å². The van der Waals surface area contributed by atoms with E-state index in [9.17, 15) is 4.79 Å². The Morgan fingerprint density at radius 3 is 2.62 bits per heavy atom. The Balaban J connectivity index is 1.57. The lowest BCUT2D eigenvalue weighted by Gasteiger charge is -2.24. The van der Waals surface area contributed by atoms with E-state index < -0.39 is 0 Å². The van der Waals surface area contributed by atoms with Crippen LogP contribution in [0.5, 0.6) is 0 Å². The minimum atomic E-state index is 0.0998. The van der Waals surface area contributed by atoms with Crippen LogP contribution in [-0.4, -0.2) is 19.0 Å². The molecule has 21 heavy (non-hydrogen) atoms. The van der Waals surface area contributed by atoms with Crippen LogP contribution in [0.3, 0.4) is 0 Å². The molecule has 1 spiro atoms. The summed E-state index contributed by atoms with van der Waals surface area (Å²) >= 11 is 0. The van der Waals surface area contributed by atoms with Gasteiger partial charge in [0.1, 0.15) is 0 Å². The Morgan fingerprint density at radius 2 is 2.00 bits per heavy atom. The van der Waals surface area contributed by atoms with Gasteiger partial charge >= 0.3 is 0 Å². The van der Waals surface area contributed by atoms with Crippen LogP contribution in [0.1, 0.15) is 50.3 Å². The van der Waals surface area contributed by atoms with Crippen molar-refractivity contribution in [1.82, 2.24) is 10.6 Å². The summed E-state index contributed by atoms with van der Waals surface area (Å²) in [4.78, 5) is 12.5. The summed E-state index contributed by atoms with van der Waals surface area (Å²) < 4.78 is 0. The van der Waals surface area contributed by atoms with E-state index >= 15 is 0 Å². The van der Waals surface area contributed by atoms with Gasteiger partial charge in [-0.05, 0) is 62.2 Å². The van der Waals surface area contributed by atoms with Crippen molar-refractivity contribution in [3.8, 4) is 0 Å². The van der Waals surface area contributed by atoms with Crippen LogP contribution in [0.25, 0.3) is 0 Å². The molecule has 1 aliphatic heterocycles. The molecule has 3 heteroatoms. The lowest BCUT2D eigenvalue weighted by molar-refractivity contribution is -0.123. The van der Waals surface area contributed by atoms with E-state index in [1.807, 2.05) is 0 Å². The molecular formula is C18H26N2O. The van der Waals surface area contributed by atoms with Crippen molar-refractivity contribution in [2.24, 2.45) is 11.3 Å². The van der Waals surface area contributed by atoms with E-state index in [1.54, 1.807) is 0 Å². The highest BCUT2D eigenvalue weighted by molar-refractivity contribution is 5.83. The smallest absolute Gasteiger partial charge is 0.224 e. The van der Waals surface area contributed by atoms with Gasteiger partial charge in [0.15, 0.2) is 0 Å². The molecule has 0 bridgehead atoms. The first-order valence-electron chi connectivity index (χ1n) is 8.24. The molecular weight excluding hydrogens is 260 g/mol. The Bertz CT molecular complexity index is 502. The Kier molecular flexibility index (Phi) is 4.03. The van der Waals surface area contributed by atoms with Crippen LogP contribution in [0.15, 0.2) is 24.3 Å². The average molecular weight is 286 g/mol. The predicted molar refractivity (Wildman–Crippen MR) is 85.0 cm³/mol. The molecule has 1 amide bonds. The van der Waals surface area contributed by atoms with Crippen LogP contribution in [0.2, 0.25) is 0 Å². The Hall–Kier alpha value is -1.35. The number of carbonyl (C=O) groups excluding carboxylic acids is 1. The largest absolute Gasteiger partial charge is 0.349 e. The summed E-state index contributed by atoms with van der Waals surface area (Å²) in [5.74, 6) is 0.501. The van der Waals surface area contributed by atoms with Crippen LogP contribution in [-0.2, 0) is 11.2 Å². The number of rotatable bonds is 4. The van der Waals surface area contributed by atoms with Gasteiger partial charge in [0.05, 0.1) is 6.04 Å². The molecule has 2 atom stereocenters. The first-order valence-corrected chi connectivity index (χ1v) is 8.24. The van der Waals surface area contributed by atoms with E-state index in [0.29, 0.717) is 5.41 Å². The van der Waals surface area contributed by atoms with Gasteiger partial charge in [0.25, 0.3) is 0 Å². The van der Waals surface area contributed by atoms with E-state index in [4.69, 9.17) is 0 Å². The number of amides is 1. The number of hydrogen-bond acceptors (Lipinski definition) is 2. The van der Waals surface area contributed by atoms with Gasteiger partial charge in [0, 0.05) is 5.92 Å². The molecule has 1 heterocycles.